The number of imide groups is 1. The highest BCUT2D eigenvalue weighted by Crippen LogP contribution is 2.24. The number of halogens is 1. The number of hydrogen-bond acceptors (Lipinski definition) is 4. The fourth-order valence-electron chi connectivity index (χ4n) is 1.94. The van der Waals surface area contributed by atoms with Gasteiger partial charge in [-0.15, -0.1) is 11.8 Å². The summed E-state index contributed by atoms with van der Waals surface area (Å²) in [6.45, 7) is 3.19. The molecule has 0 bridgehead atoms. The molecule has 112 valence electrons. The Morgan fingerprint density at radius 3 is 2.57 bits per heavy atom. The summed E-state index contributed by atoms with van der Waals surface area (Å²) in [5, 5.41) is 2.25. The van der Waals surface area contributed by atoms with E-state index in [0.29, 0.717) is 0 Å². The number of thioether (sulfide) groups is 1. The highest BCUT2D eigenvalue weighted by molar-refractivity contribution is 9.10. The fourth-order valence-corrected chi connectivity index (χ4v) is 2.98. The number of benzene rings is 1. The SMILES string of the molecule is CC1(C)C(=O)NC(=O)CN1C(=O)CSc1ccc(Br)cc1. The Labute approximate surface area is 135 Å². The van der Waals surface area contributed by atoms with Crippen molar-refractivity contribution in [3.05, 3.63) is 28.7 Å². The molecule has 0 aromatic heterocycles. The molecule has 1 aliphatic heterocycles. The number of rotatable bonds is 3. The van der Waals surface area contributed by atoms with E-state index in [9.17, 15) is 14.4 Å². The molecule has 0 unspecified atom stereocenters. The van der Waals surface area contributed by atoms with E-state index in [1.165, 1.54) is 16.7 Å². The molecule has 0 saturated carbocycles. The van der Waals surface area contributed by atoms with Crippen molar-refractivity contribution in [2.45, 2.75) is 24.3 Å². The third-order valence-electron chi connectivity index (χ3n) is 3.26. The first-order valence-electron chi connectivity index (χ1n) is 6.34. The van der Waals surface area contributed by atoms with Gasteiger partial charge in [0.05, 0.1) is 5.75 Å². The number of nitrogens with one attached hydrogen (secondary N) is 1. The number of carbonyl (C=O) groups excluding carboxylic acids is 3. The molecule has 21 heavy (non-hydrogen) atoms. The molecule has 1 fully saturated rings. The minimum Gasteiger partial charge on any atom is -0.318 e. The van der Waals surface area contributed by atoms with Gasteiger partial charge in [-0.05, 0) is 38.1 Å². The molecule has 2 rings (SSSR count). The van der Waals surface area contributed by atoms with Gasteiger partial charge in [0.1, 0.15) is 12.1 Å². The van der Waals surface area contributed by atoms with Crippen LogP contribution in [-0.2, 0) is 14.4 Å². The predicted molar refractivity (Wildman–Crippen MR) is 83.8 cm³/mol. The largest absolute Gasteiger partial charge is 0.318 e. The van der Waals surface area contributed by atoms with Crippen molar-refractivity contribution in [3.63, 3.8) is 0 Å². The molecule has 1 N–H and O–H groups in total. The van der Waals surface area contributed by atoms with Crippen LogP contribution in [0.4, 0.5) is 0 Å². The zero-order chi connectivity index (χ0) is 15.6. The van der Waals surface area contributed by atoms with Crippen molar-refractivity contribution < 1.29 is 14.4 Å². The summed E-state index contributed by atoms with van der Waals surface area (Å²) < 4.78 is 0.970. The molecule has 0 spiro atoms. The van der Waals surface area contributed by atoms with E-state index < -0.39 is 17.4 Å². The quantitative estimate of drug-likeness (QED) is 0.650. The number of hydrogen-bond donors (Lipinski definition) is 1. The lowest BCUT2D eigenvalue weighted by Crippen LogP contribution is -2.65. The molecular weight excluding hydrogens is 356 g/mol. The fraction of sp³-hybridized carbons (Fsp3) is 0.357. The summed E-state index contributed by atoms with van der Waals surface area (Å²) in [7, 11) is 0. The average Bonchev–Trinajstić information content (AvgIpc) is 2.42. The predicted octanol–water partition coefficient (Wildman–Crippen LogP) is 1.80. The third kappa shape index (κ3) is 3.65. The van der Waals surface area contributed by atoms with E-state index in [1.54, 1.807) is 13.8 Å². The van der Waals surface area contributed by atoms with Crippen LogP contribution in [0.2, 0.25) is 0 Å². The first-order chi connectivity index (χ1) is 9.80. The second-order valence-corrected chi connectivity index (χ2v) is 7.12. The van der Waals surface area contributed by atoms with E-state index >= 15 is 0 Å². The summed E-state index contributed by atoms with van der Waals surface area (Å²) in [5.74, 6) is -0.927. The van der Waals surface area contributed by atoms with E-state index in [4.69, 9.17) is 0 Å². The Morgan fingerprint density at radius 1 is 1.33 bits per heavy atom. The van der Waals surface area contributed by atoms with Crippen LogP contribution < -0.4 is 5.32 Å². The van der Waals surface area contributed by atoms with Crippen molar-refractivity contribution in [1.29, 1.82) is 0 Å². The van der Waals surface area contributed by atoms with Crippen LogP contribution in [0.15, 0.2) is 33.6 Å². The Kier molecular flexibility index (Phi) is 4.73. The second-order valence-electron chi connectivity index (χ2n) is 5.16. The van der Waals surface area contributed by atoms with Crippen molar-refractivity contribution >= 4 is 45.4 Å². The smallest absolute Gasteiger partial charge is 0.252 e. The van der Waals surface area contributed by atoms with Crippen LogP contribution in [-0.4, -0.2) is 40.5 Å². The lowest BCUT2D eigenvalue weighted by Gasteiger charge is -2.40. The Morgan fingerprint density at radius 2 is 1.95 bits per heavy atom. The van der Waals surface area contributed by atoms with Crippen LogP contribution >= 0.6 is 27.7 Å². The Bertz CT molecular complexity index is 586. The number of nitrogens with zero attached hydrogens (tertiary/aromatic N) is 1. The number of amides is 3. The average molecular weight is 371 g/mol. The topological polar surface area (TPSA) is 66.5 Å². The van der Waals surface area contributed by atoms with Gasteiger partial charge >= 0.3 is 0 Å². The van der Waals surface area contributed by atoms with Gasteiger partial charge in [0.25, 0.3) is 5.91 Å². The van der Waals surface area contributed by atoms with Crippen LogP contribution in [0.25, 0.3) is 0 Å². The lowest BCUT2D eigenvalue weighted by atomic mass is 9.99. The highest BCUT2D eigenvalue weighted by Gasteiger charge is 2.43. The first kappa shape index (κ1) is 16.0. The molecule has 0 aliphatic carbocycles. The van der Waals surface area contributed by atoms with Crippen molar-refractivity contribution in [2.24, 2.45) is 0 Å². The standard InChI is InChI=1S/C14H15BrN2O3S/c1-14(2)13(20)16-11(18)7-17(14)12(19)8-21-10-5-3-9(15)4-6-10/h3-6H,7-8H2,1-2H3,(H,16,18,20). The summed E-state index contributed by atoms with van der Waals surface area (Å²) in [6, 6.07) is 7.60. The van der Waals surface area contributed by atoms with Gasteiger partial charge in [-0.1, -0.05) is 15.9 Å². The van der Waals surface area contributed by atoms with Crippen LogP contribution in [0, 0.1) is 0 Å². The molecule has 7 heteroatoms. The monoisotopic (exact) mass is 370 g/mol. The summed E-state index contributed by atoms with van der Waals surface area (Å²) >= 11 is 4.73. The Balaban J connectivity index is 2.03. The molecule has 0 radical (unpaired) electrons. The van der Waals surface area contributed by atoms with Crippen LogP contribution in [0.3, 0.4) is 0 Å². The van der Waals surface area contributed by atoms with Gasteiger partial charge in [-0.25, -0.2) is 0 Å². The molecule has 3 amide bonds. The van der Waals surface area contributed by atoms with E-state index in [-0.39, 0.29) is 18.2 Å². The first-order valence-corrected chi connectivity index (χ1v) is 8.11. The number of piperazine rings is 1. The second kappa shape index (κ2) is 6.19. The highest BCUT2D eigenvalue weighted by atomic mass is 79.9. The van der Waals surface area contributed by atoms with E-state index in [0.717, 1.165) is 9.37 Å². The molecule has 1 heterocycles. The van der Waals surface area contributed by atoms with Crippen molar-refractivity contribution in [3.8, 4) is 0 Å². The van der Waals surface area contributed by atoms with Gasteiger partial charge in [0.15, 0.2) is 0 Å². The van der Waals surface area contributed by atoms with Gasteiger partial charge in [0, 0.05) is 9.37 Å². The lowest BCUT2D eigenvalue weighted by molar-refractivity contribution is -0.154. The van der Waals surface area contributed by atoms with E-state index in [2.05, 4.69) is 21.2 Å². The summed E-state index contributed by atoms with van der Waals surface area (Å²) in [4.78, 5) is 37.9. The molecule has 1 saturated heterocycles. The van der Waals surface area contributed by atoms with E-state index in [1.807, 2.05) is 24.3 Å². The maximum atomic E-state index is 12.3. The minimum atomic E-state index is -1.01. The summed E-state index contributed by atoms with van der Waals surface area (Å²) in [6.07, 6.45) is 0. The zero-order valence-corrected chi connectivity index (χ0v) is 14.1. The van der Waals surface area contributed by atoms with Crippen molar-refractivity contribution in [2.75, 3.05) is 12.3 Å². The van der Waals surface area contributed by atoms with Crippen LogP contribution in [0.5, 0.6) is 0 Å². The number of carbonyl (C=O) groups is 3. The molecule has 0 atom stereocenters. The van der Waals surface area contributed by atoms with Gasteiger partial charge < -0.3 is 4.90 Å². The molecule has 1 aliphatic rings. The van der Waals surface area contributed by atoms with Crippen molar-refractivity contribution in [1.82, 2.24) is 10.2 Å². The molecule has 1 aromatic rings. The molecule has 5 nitrogen and oxygen atoms in total. The van der Waals surface area contributed by atoms with Gasteiger partial charge in [-0.3, -0.25) is 19.7 Å². The normalized spacial score (nSPS) is 17.6. The minimum absolute atomic E-state index is 0.0849. The molecule has 1 aromatic carbocycles. The zero-order valence-electron chi connectivity index (χ0n) is 11.7. The van der Waals surface area contributed by atoms with Gasteiger partial charge in [0.2, 0.25) is 11.8 Å². The summed E-state index contributed by atoms with van der Waals surface area (Å²) in [5.41, 5.74) is -1.01. The van der Waals surface area contributed by atoms with Gasteiger partial charge in [-0.2, -0.15) is 0 Å². The maximum absolute atomic E-state index is 12.3. The third-order valence-corrected chi connectivity index (χ3v) is 4.79. The molecular formula is C14H15BrN2O3S. The van der Waals surface area contributed by atoms with Crippen LogP contribution in [0.1, 0.15) is 13.8 Å². The maximum Gasteiger partial charge on any atom is 0.252 e. The Hall–Kier alpha value is -1.34.